The fourth-order valence-corrected chi connectivity index (χ4v) is 5.33. The van der Waals surface area contributed by atoms with Crippen molar-refractivity contribution in [3.8, 4) is 5.75 Å². The summed E-state index contributed by atoms with van der Waals surface area (Å²) in [6.45, 7) is 5.00. The first-order valence-electron chi connectivity index (χ1n) is 8.16. The van der Waals surface area contributed by atoms with E-state index in [1.54, 1.807) is 36.0 Å². The monoisotopic (exact) mass is 355 g/mol. The Hall–Kier alpha value is -1.36. The van der Waals surface area contributed by atoms with Crippen molar-refractivity contribution in [3.63, 3.8) is 0 Å². The third kappa shape index (κ3) is 4.00. The molecule has 7 heteroatoms. The van der Waals surface area contributed by atoms with Gasteiger partial charge in [0, 0.05) is 6.54 Å². The molecule has 2 unspecified atom stereocenters. The number of nitrogens with zero attached hydrogens (tertiary/aromatic N) is 1. The number of methoxy groups -OCH3 is 2. The second-order valence-electron chi connectivity index (χ2n) is 6.24. The van der Waals surface area contributed by atoms with E-state index in [-0.39, 0.29) is 11.9 Å². The summed E-state index contributed by atoms with van der Waals surface area (Å²) in [5.41, 5.74) is 0. The molecule has 0 aliphatic carbocycles. The zero-order chi connectivity index (χ0) is 17.7. The highest BCUT2D eigenvalue weighted by molar-refractivity contribution is 7.64. The molecular weight excluding hydrogens is 329 g/mol. The Kier molecular flexibility index (Phi) is 6.44. The predicted octanol–water partition coefficient (Wildman–Crippen LogP) is 2.82. The van der Waals surface area contributed by atoms with Crippen LogP contribution in [0.15, 0.2) is 24.3 Å². The first kappa shape index (κ1) is 19.0. The zero-order valence-electron chi connectivity index (χ0n) is 14.7. The standard InChI is InChI=1S/C17H26NO5P/c1-13(2)12-16(17(19)22-4)18-10-5-11-23-24(18,20)15-8-6-14(21-3)7-9-15/h6-9,13,16H,5,10-12H2,1-4H3. The lowest BCUT2D eigenvalue weighted by atomic mass is 10.0. The highest BCUT2D eigenvalue weighted by Gasteiger charge is 2.44. The summed E-state index contributed by atoms with van der Waals surface area (Å²) in [6.07, 6.45) is 1.29. The lowest BCUT2D eigenvalue weighted by molar-refractivity contribution is -0.146. The molecule has 1 aromatic rings. The van der Waals surface area contributed by atoms with Crippen LogP contribution < -0.4 is 10.0 Å². The Bertz CT molecular complexity index is 602. The summed E-state index contributed by atoms with van der Waals surface area (Å²) >= 11 is 0. The van der Waals surface area contributed by atoms with Crippen molar-refractivity contribution in [1.29, 1.82) is 0 Å². The van der Waals surface area contributed by atoms with Crippen molar-refractivity contribution in [2.24, 2.45) is 5.92 Å². The van der Waals surface area contributed by atoms with E-state index in [1.807, 2.05) is 13.8 Å². The average molecular weight is 355 g/mol. The van der Waals surface area contributed by atoms with Gasteiger partial charge in [-0.15, -0.1) is 0 Å². The number of carbonyl (C=O) groups excluding carboxylic acids is 1. The summed E-state index contributed by atoms with van der Waals surface area (Å²) < 4.78 is 31.2. The maximum atomic E-state index is 13.7. The summed E-state index contributed by atoms with van der Waals surface area (Å²) in [5.74, 6) is 0.573. The van der Waals surface area contributed by atoms with E-state index in [0.29, 0.717) is 30.6 Å². The fourth-order valence-electron chi connectivity index (χ4n) is 2.88. The third-order valence-electron chi connectivity index (χ3n) is 4.06. The van der Waals surface area contributed by atoms with Crippen LogP contribution in [-0.4, -0.2) is 44.1 Å². The smallest absolute Gasteiger partial charge is 0.323 e. The van der Waals surface area contributed by atoms with E-state index in [1.165, 1.54) is 7.11 Å². The number of hydrogen-bond acceptors (Lipinski definition) is 5. The minimum absolute atomic E-state index is 0.264. The van der Waals surface area contributed by atoms with Gasteiger partial charge in [-0.05, 0) is 43.0 Å². The van der Waals surface area contributed by atoms with Gasteiger partial charge in [-0.25, -0.2) is 4.67 Å². The Morgan fingerprint density at radius 1 is 1.29 bits per heavy atom. The quantitative estimate of drug-likeness (QED) is 0.578. The van der Waals surface area contributed by atoms with Gasteiger partial charge in [-0.3, -0.25) is 9.36 Å². The number of benzene rings is 1. The van der Waals surface area contributed by atoms with Gasteiger partial charge in [-0.1, -0.05) is 13.8 Å². The molecule has 0 radical (unpaired) electrons. The van der Waals surface area contributed by atoms with Crippen LogP contribution in [0.4, 0.5) is 0 Å². The van der Waals surface area contributed by atoms with Gasteiger partial charge < -0.3 is 14.0 Å². The van der Waals surface area contributed by atoms with Gasteiger partial charge in [0.05, 0.1) is 26.1 Å². The second kappa shape index (κ2) is 8.15. The van der Waals surface area contributed by atoms with Crippen LogP contribution in [0.5, 0.6) is 5.75 Å². The SMILES string of the molecule is COC(=O)C(CC(C)C)N1CCCOP1(=O)c1ccc(OC)cc1. The summed E-state index contributed by atoms with van der Waals surface area (Å²) in [5, 5.41) is 0.570. The van der Waals surface area contributed by atoms with Gasteiger partial charge >= 0.3 is 13.5 Å². The number of esters is 1. The highest BCUT2D eigenvalue weighted by Crippen LogP contribution is 2.54. The van der Waals surface area contributed by atoms with Crippen molar-refractivity contribution in [1.82, 2.24) is 4.67 Å². The van der Waals surface area contributed by atoms with Crippen LogP contribution in [0.3, 0.4) is 0 Å². The minimum atomic E-state index is -3.31. The van der Waals surface area contributed by atoms with Crippen LogP contribution in [0.25, 0.3) is 0 Å². The topological polar surface area (TPSA) is 65.1 Å². The maximum absolute atomic E-state index is 13.7. The molecule has 6 nitrogen and oxygen atoms in total. The molecule has 2 atom stereocenters. The first-order valence-corrected chi connectivity index (χ1v) is 9.74. The Balaban J connectivity index is 2.39. The molecule has 1 fully saturated rings. The fraction of sp³-hybridized carbons (Fsp3) is 0.588. The van der Waals surface area contributed by atoms with Gasteiger partial charge in [0.15, 0.2) is 0 Å². The lowest BCUT2D eigenvalue weighted by Gasteiger charge is -2.39. The Labute approximate surface area is 143 Å². The predicted molar refractivity (Wildman–Crippen MR) is 92.8 cm³/mol. The van der Waals surface area contributed by atoms with Crippen LogP contribution >= 0.6 is 7.52 Å². The van der Waals surface area contributed by atoms with Gasteiger partial charge in [0.2, 0.25) is 0 Å². The Morgan fingerprint density at radius 3 is 2.50 bits per heavy atom. The second-order valence-corrected chi connectivity index (χ2v) is 8.57. The Morgan fingerprint density at radius 2 is 1.96 bits per heavy atom. The van der Waals surface area contributed by atoms with E-state index >= 15 is 0 Å². The number of hydrogen-bond donors (Lipinski definition) is 0. The molecular formula is C17H26NO5P. The van der Waals surface area contributed by atoms with Gasteiger partial charge in [0.1, 0.15) is 11.8 Å². The lowest BCUT2D eigenvalue weighted by Crippen LogP contribution is -2.45. The molecule has 0 aromatic heterocycles. The molecule has 1 saturated heterocycles. The molecule has 1 heterocycles. The third-order valence-corrected chi connectivity index (χ3v) is 6.70. The molecule has 1 aliphatic rings. The van der Waals surface area contributed by atoms with E-state index in [4.69, 9.17) is 14.0 Å². The molecule has 0 bridgehead atoms. The molecule has 0 spiro atoms. The normalized spacial score (nSPS) is 23.0. The molecule has 1 aromatic carbocycles. The van der Waals surface area contributed by atoms with Crippen LogP contribution in [0.1, 0.15) is 26.7 Å². The van der Waals surface area contributed by atoms with E-state index in [0.717, 1.165) is 6.42 Å². The highest BCUT2D eigenvalue weighted by atomic mass is 31.2. The van der Waals surface area contributed by atoms with Crippen molar-refractivity contribution < 1.29 is 23.4 Å². The molecule has 0 saturated carbocycles. The maximum Gasteiger partial charge on any atom is 0.323 e. The summed E-state index contributed by atoms with van der Waals surface area (Å²) in [6, 6.07) is 6.40. The molecule has 134 valence electrons. The summed E-state index contributed by atoms with van der Waals surface area (Å²) in [7, 11) is -0.369. The van der Waals surface area contributed by atoms with Gasteiger partial charge in [-0.2, -0.15) is 0 Å². The molecule has 2 rings (SSSR count). The van der Waals surface area contributed by atoms with E-state index in [2.05, 4.69) is 0 Å². The first-order chi connectivity index (χ1) is 11.4. The summed E-state index contributed by atoms with van der Waals surface area (Å²) in [4.78, 5) is 12.3. The molecule has 0 N–H and O–H groups in total. The largest absolute Gasteiger partial charge is 0.497 e. The van der Waals surface area contributed by atoms with Crippen molar-refractivity contribution in [2.45, 2.75) is 32.7 Å². The van der Waals surface area contributed by atoms with Crippen molar-refractivity contribution >= 4 is 18.8 Å². The zero-order valence-corrected chi connectivity index (χ0v) is 15.6. The van der Waals surface area contributed by atoms with Crippen molar-refractivity contribution in [2.75, 3.05) is 27.4 Å². The minimum Gasteiger partial charge on any atom is -0.497 e. The van der Waals surface area contributed by atoms with Gasteiger partial charge in [0.25, 0.3) is 0 Å². The van der Waals surface area contributed by atoms with E-state index in [9.17, 15) is 9.36 Å². The van der Waals surface area contributed by atoms with E-state index < -0.39 is 13.6 Å². The van der Waals surface area contributed by atoms with Crippen LogP contribution in [0.2, 0.25) is 0 Å². The average Bonchev–Trinajstić information content (AvgIpc) is 2.59. The number of rotatable bonds is 6. The number of carbonyl (C=O) groups is 1. The number of ether oxygens (including phenoxy) is 2. The van der Waals surface area contributed by atoms with Crippen LogP contribution in [0, 0.1) is 5.92 Å². The molecule has 24 heavy (non-hydrogen) atoms. The van der Waals surface area contributed by atoms with Crippen molar-refractivity contribution in [3.05, 3.63) is 24.3 Å². The molecule has 0 amide bonds. The van der Waals surface area contributed by atoms with Crippen LogP contribution in [-0.2, 0) is 18.6 Å². The molecule has 1 aliphatic heterocycles.